The van der Waals surface area contributed by atoms with Crippen molar-refractivity contribution in [1.82, 2.24) is 10.2 Å². The van der Waals surface area contributed by atoms with Crippen LogP contribution in [0.4, 0.5) is 10.5 Å². The zero-order valence-electron chi connectivity index (χ0n) is 21.3. The molecule has 0 bridgehead atoms. The number of rotatable bonds is 9. The van der Waals surface area contributed by atoms with Gasteiger partial charge in [0.15, 0.2) is 0 Å². The fourth-order valence-corrected chi connectivity index (χ4v) is 3.52. The number of carbonyl (C=O) groups is 3. The van der Waals surface area contributed by atoms with Crippen LogP contribution >= 0.6 is 0 Å². The molecule has 2 rings (SSSR count). The minimum atomic E-state index is -0.955. The minimum Gasteiger partial charge on any atom is -0.497 e. The summed E-state index contributed by atoms with van der Waals surface area (Å²) in [4.78, 5) is 40.3. The maximum atomic E-state index is 13.6. The molecule has 0 aliphatic carbocycles. The lowest BCUT2D eigenvalue weighted by Gasteiger charge is -2.32. The van der Waals surface area contributed by atoms with Gasteiger partial charge in [-0.05, 0) is 70.0 Å². The number of ether oxygens (including phenoxy) is 2. The maximum absolute atomic E-state index is 13.6. The molecule has 8 heteroatoms. The standard InChI is InChI=1S/C27H35N3O5/c1-8-15-30(23(31)17-28-26(33)35-27(4,5)6)24(22-14-9-18(2)16-19(22)3)25(32)29-20-10-12-21(34-7)13-11-20/h8-14,16,24H,1,15,17H2,2-7H3,(H,28,33)(H,29,32). The first kappa shape index (κ1) is 27.4. The molecular formula is C27H35N3O5. The Balaban J connectivity index is 2.36. The number of methoxy groups -OCH3 is 1. The predicted molar refractivity (Wildman–Crippen MR) is 136 cm³/mol. The lowest BCUT2D eigenvalue weighted by atomic mass is 9.97. The number of nitrogens with zero attached hydrogens (tertiary/aromatic N) is 1. The van der Waals surface area contributed by atoms with E-state index in [1.54, 1.807) is 58.2 Å². The van der Waals surface area contributed by atoms with E-state index >= 15 is 0 Å². The van der Waals surface area contributed by atoms with Crippen LogP contribution in [0.5, 0.6) is 5.75 Å². The van der Waals surface area contributed by atoms with Gasteiger partial charge in [0, 0.05) is 12.2 Å². The predicted octanol–water partition coefficient (Wildman–Crippen LogP) is 4.53. The molecule has 1 atom stereocenters. The summed E-state index contributed by atoms with van der Waals surface area (Å²) in [6.07, 6.45) is 0.831. The van der Waals surface area contributed by atoms with Crippen LogP contribution < -0.4 is 15.4 Å². The van der Waals surface area contributed by atoms with E-state index in [1.165, 1.54) is 4.90 Å². The number of alkyl carbamates (subject to hydrolysis) is 1. The monoisotopic (exact) mass is 481 g/mol. The second kappa shape index (κ2) is 12.1. The van der Waals surface area contributed by atoms with Crippen molar-refractivity contribution in [2.75, 3.05) is 25.5 Å². The van der Waals surface area contributed by atoms with Crippen molar-refractivity contribution in [3.8, 4) is 5.75 Å². The van der Waals surface area contributed by atoms with Gasteiger partial charge in [-0.1, -0.05) is 29.8 Å². The highest BCUT2D eigenvalue weighted by atomic mass is 16.6. The van der Waals surface area contributed by atoms with Gasteiger partial charge >= 0.3 is 6.09 Å². The van der Waals surface area contributed by atoms with Crippen LogP contribution in [0.15, 0.2) is 55.1 Å². The van der Waals surface area contributed by atoms with Gasteiger partial charge < -0.3 is 25.0 Å². The number of hydrogen-bond acceptors (Lipinski definition) is 5. The van der Waals surface area contributed by atoms with Crippen LogP contribution in [0, 0.1) is 13.8 Å². The smallest absolute Gasteiger partial charge is 0.408 e. The molecule has 2 N–H and O–H groups in total. The van der Waals surface area contributed by atoms with Crippen LogP contribution in [-0.2, 0) is 14.3 Å². The van der Waals surface area contributed by atoms with E-state index in [-0.39, 0.29) is 13.1 Å². The molecule has 0 radical (unpaired) electrons. The molecule has 0 spiro atoms. The third-order valence-electron chi connectivity index (χ3n) is 5.07. The lowest BCUT2D eigenvalue weighted by molar-refractivity contribution is -0.137. The van der Waals surface area contributed by atoms with Crippen LogP contribution in [0.25, 0.3) is 0 Å². The summed E-state index contributed by atoms with van der Waals surface area (Å²) < 4.78 is 10.4. The molecule has 3 amide bonds. The number of anilines is 1. The Morgan fingerprint density at radius 2 is 1.74 bits per heavy atom. The quantitative estimate of drug-likeness (QED) is 0.513. The van der Waals surface area contributed by atoms with E-state index in [2.05, 4.69) is 17.2 Å². The van der Waals surface area contributed by atoms with E-state index in [0.29, 0.717) is 17.0 Å². The highest BCUT2D eigenvalue weighted by Crippen LogP contribution is 2.27. The van der Waals surface area contributed by atoms with Gasteiger partial charge in [-0.15, -0.1) is 6.58 Å². The highest BCUT2D eigenvalue weighted by molar-refractivity contribution is 5.98. The topological polar surface area (TPSA) is 97.0 Å². The average molecular weight is 482 g/mol. The van der Waals surface area contributed by atoms with Crippen molar-refractivity contribution < 1.29 is 23.9 Å². The van der Waals surface area contributed by atoms with E-state index in [0.717, 1.165) is 11.1 Å². The van der Waals surface area contributed by atoms with Crippen LogP contribution in [0.1, 0.15) is 43.5 Å². The third-order valence-corrected chi connectivity index (χ3v) is 5.07. The van der Waals surface area contributed by atoms with Crippen molar-refractivity contribution in [2.45, 2.75) is 46.3 Å². The summed E-state index contributed by atoms with van der Waals surface area (Å²) in [5.41, 5.74) is 2.43. The van der Waals surface area contributed by atoms with Crippen LogP contribution in [-0.4, -0.2) is 48.6 Å². The highest BCUT2D eigenvalue weighted by Gasteiger charge is 2.32. The fraction of sp³-hybridized carbons (Fsp3) is 0.370. The van der Waals surface area contributed by atoms with E-state index in [4.69, 9.17) is 9.47 Å². The number of amides is 3. The Morgan fingerprint density at radius 3 is 2.29 bits per heavy atom. The minimum absolute atomic E-state index is 0.100. The first-order valence-electron chi connectivity index (χ1n) is 11.3. The number of aryl methyl sites for hydroxylation is 2. The summed E-state index contributed by atoms with van der Waals surface area (Å²) in [5.74, 6) is -0.189. The molecule has 8 nitrogen and oxygen atoms in total. The molecule has 2 aromatic carbocycles. The average Bonchev–Trinajstić information content (AvgIpc) is 2.77. The Labute approximate surface area is 207 Å². The van der Waals surface area contributed by atoms with Crippen molar-refractivity contribution in [3.05, 3.63) is 71.8 Å². The Hall–Kier alpha value is -3.81. The SMILES string of the molecule is C=CCN(C(=O)CNC(=O)OC(C)(C)C)C(C(=O)Nc1ccc(OC)cc1)c1ccc(C)cc1C. The van der Waals surface area contributed by atoms with Crippen molar-refractivity contribution in [3.63, 3.8) is 0 Å². The molecule has 0 aromatic heterocycles. The van der Waals surface area contributed by atoms with Crippen molar-refractivity contribution >= 4 is 23.6 Å². The van der Waals surface area contributed by atoms with Gasteiger partial charge in [0.2, 0.25) is 5.91 Å². The van der Waals surface area contributed by atoms with Gasteiger partial charge in [-0.3, -0.25) is 9.59 Å². The molecular weight excluding hydrogens is 446 g/mol. The van der Waals surface area contributed by atoms with Gasteiger partial charge in [0.05, 0.1) is 7.11 Å². The zero-order chi connectivity index (χ0) is 26.2. The molecule has 0 saturated heterocycles. The summed E-state index contributed by atoms with van der Waals surface area (Å²) >= 11 is 0. The number of carbonyl (C=O) groups excluding carboxylic acids is 3. The first-order chi connectivity index (χ1) is 16.4. The summed E-state index contributed by atoms with van der Waals surface area (Å²) in [5, 5.41) is 5.37. The van der Waals surface area contributed by atoms with Crippen LogP contribution in [0.2, 0.25) is 0 Å². The van der Waals surface area contributed by atoms with Gasteiger partial charge in [0.25, 0.3) is 5.91 Å². The molecule has 188 valence electrons. The molecule has 0 aliphatic heterocycles. The van der Waals surface area contributed by atoms with Crippen molar-refractivity contribution in [2.24, 2.45) is 0 Å². The number of nitrogens with one attached hydrogen (secondary N) is 2. The van der Waals surface area contributed by atoms with Crippen LogP contribution in [0.3, 0.4) is 0 Å². The van der Waals surface area contributed by atoms with Gasteiger partial charge in [-0.2, -0.15) is 0 Å². The molecule has 0 saturated carbocycles. The second-order valence-corrected chi connectivity index (χ2v) is 9.17. The second-order valence-electron chi connectivity index (χ2n) is 9.17. The van der Waals surface area contributed by atoms with Gasteiger partial charge in [0.1, 0.15) is 23.9 Å². The maximum Gasteiger partial charge on any atom is 0.408 e. The Bertz CT molecular complexity index is 1060. The van der Waals surface area contributed by atoms with E-state index in [9.17, 15) is 14.4 Å². The third kappa shape index (κ3) is 8.17. The normalized spacial score (nSPS) is 11.7. The lowest BCUT2D eigenvalue weighted by Crippen LogP contribution is -2.46. The summed E-state index contributed by atoms with van der Waals surface area (Å²) in [6.45, 7) is 12.6. The zero-order valence-corrected chi connectivity index (χ0v) is 21.3. The number of benzene rings is 2. The molecule has 0 fully saturated rings. The van der Waals surface area contributed by atoms with Gasteiger partial charge in [-0.25, -0.2) is 4.79 Å². The molecule has 0 heterocycles. The largest absolute Gasteiger partial charge is 0.497 e. The summed E-state index contributed by atoms with van der Waals surface area (Å²) in [7, 11) is 1.56. The molecule has 35 heavy (non-hydrogen) atoms. The first-order valence-corrected chi connectivity index (χ1v) is 11.3. The van der Waals surface area contributed by atoms with E-state index in [1.807, 2.05) is 32.0 Å². The Kier molecular flexibility index (Phi) is 9.45. The van der Waals surface area contributed by atoms with Crippen molar-refractivity contribution in [1.29, 1.82) is 0 Å². The van der Waals surface area contributed by atoms with E-state index < -0.39 is 29.6 Å². The Morgan fingerprint density at radius 1 is 1.09 bits per heavy atom. The summed E-state index contributed by atoms with van der Waals surface area (Å²) in [6, 6.07) is 11.7. The fourth-order valence-electron chi connectivity index (χ4n) is 3.52. The molecule has 2 aromatic rings. The molecule has 1 unspecified atom stereocenters. The molecule has 0 aliphatic rings. The number of hydrogen-bond donors (Lipinski definition) is 2.